The fourth-order valence-electron chi connectivity index (χ4n) is 2.51. The summed E-state index contributed by atoms with van der Waals surface area (Å²) in [4.78, 5) is 16.6. The number of hydrogen-bond donors (Lipinski definition) is 1. The Bertz CT molecular complexity index is 841. The van der Waals surface area contributed by atoms with Gasteiger partial charge in [0.05, 0.1) is 23.1 Å². The number of halogens is 1. The Morgan fingerprint density at radius 2 is 1.79 bits per heavy atom. The average molecular weight is 341 g/mol. The van der Waals surface area contributed by atoms with Crippen molar-refractivity contribution in [2.24, 2.45) is 0 Å². The zero-order chi connectivity index (χ0) is 17.1. The highest BCUT2D eigenvalue weighted by Gasteiger charge is 2.21. The minimum Gasteiger partial charge on any atom is -0.322 e. The van der Waals surface area contributed by atoms with Crippen LogP contribution in [0.2, 0.25) is 5.02 Å². The maximum absolute atomic E-state index is 12.6. The smallest absolute Gasteiger partial charge is 0.259 e. The van der Waals surface area contributed by atoms with Crippen LogP contribution in [0.4, 0.5) is 5.69 Å². The van der Waals surface area contributed by atoms with Crippen molar-refractivity contribution < 1.29 is 4.79 Å². The van der Waals surface area contributed by atoms with E-state index in [-0.39, 0.29) is 11.8 Å². The highest BCUT2D eigenvalue weighted by atomic mass is 35.5. The molecule has 0 atom stereocenters. The number of aromatic nitrogens is 3. The molecule has 0 bridgehead atoms. The number of carbonyl (C=O) groups excluding carboxylic acids is 1. The molecule has 0 saturated carbocycles. The van der Waals surface area contributed by atoms with Crippen LogP contribution in [0.3, 0.4) is 0 Å². The lowest BCUT2D eigenvalue weighted by atomic mass is 10.0. The standard InChI is InChI=1S/C18H17ClN4O/c1-12(2)17-16(18(24)22-14-7-9-20-10-8-14)11-21-23(17)15-5-3-13(19)4-6-15/h3-12H,1-2H3,(H,20,22,24). The Kier molecular flexibility index (Phi) is 4.62. The predicted molar refractivity (Wildman–Crippen MR) is 94.9 cm³/mol. The van der Waals surface area contributed by atoms with Gasteiger partial charge in [0.25, 0.3) is 5.91 Å². The Labute approximate surface area is 145 Å². The third kappa shape index (κ3) is 3.31. The summed E-state index contributed by atoms with van der Waals surface area (Å²) in [6, 6.07) is 10.9. The number of nitrogens with one attached hydrogen (secondary N) is 1. The van der Waals surface area contributed by atoms with Gasteiger partial charge in [0.1, 0.15) is 0 Å². The molecular weight excluding hydrogens is 324 g/mol. The second kappa shape index (κ2) is 6.84. The van der Waals surface area contributed by atoms with Crippen molar-refractivity contribution in [3.63, 3.8) is 0 Å². The monoisotopic (exact) mass is 340 g/mol. The van der Waals surface area contributed by atoms with Gasteiger partial charge in [-0.25, -0.2) is 4.68 Å². The lowest BCUT2D eigenvalue weighted by Gasteiger charge is -2.13. The topological polar surface area (TPSA) is 59.8 Å². The fraction of sp³-hybridized carbons (Fsp3) is 0.167. The van der Waals surface area contributed by atoms with Gasteiger partial charge in [-0.15, -0.1) is 0 Å². The van der Waals surface area contributed by atoms with E-state index in [0.717, 1.165) is 11.4 Å². The summed E-state index contributed by atoms with van der Waals surface area (Å²) in [5.41, 5.74) is 2.97. The predicted octanol–water partition coefficient (Wildman–Crippen LogP) is 4.30. The average Bonchev–Trinajstić information content (AvgIpc) is 3.02. The molecule has 0 aliphatic heterocycles. The number of benzene rings is 1. The first-order chi connectivity index (χ1) is 11.6. The molecule has 1 aromatic carbocycles. The summed E-state index contributed by atoms with van der Waals surface area (Å²) in [5, 5.41) is 7.93. The van der Waals surface area contributed by atoms with Crippen molar-refractivity contribution >= 4 is 23.2 Å². The third-order valence-corrected chi connectivity index (χ3v) is 3.86. The summed E-state index contributed by atoms with van der Waals surface area (Å²) in [6.45, 7) is 4.07. The quantitative estimate of drug-likeness (QED) is 0.770. The summed E-state index contributed by atoms with van der Waals surface area (Å²) >= 11 is 5.95. The van der Waals surface area contributed by atoms with E-state index in [2.05, 4.69) is 15.4 Å². The molecule has 1 N–H and O–H groups in total. The molecule has 0 fully saturated rings. The number of anilines is 1. The first-order valence-electron chi connectivity index (χ1n) is 7.61. The van der Waals surface area contributed by atoms with Crippen molar-refractivity contribution in [2.75, 3.05) is 5.32 Å². The van der Waals surface area contributed by atoms with Crippen LogP contribution in [-0.4, -0.2) is 20.7 Å². The molecule has 0 saturated heterocycles. The number of hydrogen-bond acceptors (Lipinski definition) is 3. The van der Waals surface area contributed by atoms with Gasteiger partial charge < -0.3 is 5.32 Å². The molecule has 3 rings (SSSR count). The van der Waals surface area contributed by atoms with E-state index in [4.69, 9.17) is 11.6 Å². The molecule has 2 heterocycles. The van der Waals surface area contributed by atoms with E-state index in [9.17, 15) is 4.79 Å². The maximum Gasteiger partial charge on any atom is 0.259 e. The number of nitrogens with zero attached hydrogens (tertiary/aromatic N) is 3. The zero-order valence-corrected chi connectivity index (χ0v) is 14.2. The molecule has 6 heteroatoms. The summed E-state index contributed by atoms with van der Waals surface area (Å²) < 4.78 is 1.78. The van der Waals surface area contributed by atoms with Crippen LogP contribution < -0.4 is 5.32 Å². The fourth-order valence-corrected chi connectivity index (χ4v) is 2.64. The number of rotatable bonds is 4. The van der Waals surface area contributed by atoms with E-state index in [1.807, 2.05) is 26.0 Å². The molecule has 2 aromatic heterocycles. The molecule has 1 amide bonds. The van der Waals surface area contributed by atoms with Gasteiger partial charge in [-0.3, -0.25) is 9.78 Å². The first-order valence-corrected chi connectivity index (χ1v) is 7.99. The van der Waals surface area contributed by atoms with Crippen molar-refractivity contribution in [3.8, 4) is 5.69 Å². The number of amides is 1. The van der Waals surface area contributed by atoms with Crippen LogP contribution in [0.1, 0.15) is 35.8 Å². The largest absolute Gasteiger partial charge is 0.322 e. The molecule has 5 nitrogen and oxygen atoms in total. The van der Waals surface area contributed by atoms with Gasteiger partial charge in [0, 0.05) is 23.1 Å². The summed E-state index contributed by atoms with van der Waals surface area (Å²) in [5.74, 6) is -0.0634. The maximum atomic E-state index is 12.6. The van der Waals surface area contributed by atoms with Crippen molar-refractivity contribution in [3.05, 3.63) is 71.3 Å². The number of pyridine rings is 1. The molecule has 3 aromatic rings. The molecule has 122 valence electrons. The highest BCUT2D eigenvalue weighted by Crippen LogP contribution is 2.24. The first kappa shape index (κ1) is 16.2. The van der Waals surface area contributed by atoms with Crippen LogP contribution in [0.15, 0.2) is 55.0 Å². The van der Waals surface area contributed by atoms with Gasteiger partial charge in [-0.05, 0) is 42.3 Å². The van der Waals surface area contributed by atoms with Crippen LogP contribution in [0, 0.1) is 0 Å². The van der Waals surface area contributed by atoms with Gasteiger partial charge in [-0.2, -0.15) is 5.10 Å². The second-order valence-electron chi connectivity index (χ2n) is 5.68. The van der Waals surface area contributed by atoms with E-state index >= 15 is 0 Å². The molecule has 0 aliphatic carbocycles. The Hall–Kier alpha value is -2.66. The molecule has 0 radical (unpaired) electrons. The SMILES string of the molecule is CC(C)c1c(C(=O)Nc2ccncc2)cnn1-c1ccc(Cl)cc1. The lowest BCUT2D eigenvalue weighted by Crippen LogP contribution is -2.15. The van der Waals surface area contributed by atoms with E-state index in [1.54, 1.807) is 47.5 Å². The Morgan fingerprint density at radius 1 is 1.12 bits per heavy atom. The molecule has 0 spiro atoms. The van der Waals surface area contributed by atoms with E-state index in [1.165, 1.54) is 0 Å². The van der Waals surface area contributed by atoms with Gasteiger partial charge >= 0.3 is 0 Å². The minimum atomic E-state index is -0.190. The molecule has 0 unspecified atom stereocenters. The summed E-state index contributed by atoms with van der Waals surface area (Å²) in [7, 11) is 0. The van der Waals surface area contributed by atoms with Gasteiger partial charge in [-0.1, -0.05) is 25.4 Å². The number of carbonyl (C=O) groups is 1. The van der Waals surface area contributed by atoms with Crippen LogP contribution in [-0.2, 0) is 0 Å². The van der Waals surface area contributed by atoms with E-state index in [0.29, 0.717) is 16.3 Å². The third-order valence-electron chi connectivity index (χ3n) is 3.61. The van der Waals surface area contributed by atoms with Crippen molar-refractivity contribution in [1.29, 1.82) is 0 Å². The second-order valence-corrected chi connectivity index (χ2v) is 6.11. The molecular formula is C18H17ClN4O. The Morgan fingerprint density at radius 3 is 2.42 bits per heavy atom. The summed E-state index contributed by atoms with van der Waals surface area (Å²) in [6.07, 6.45) is 4.87. The van der Waals surface area contributed by atoms with Crippen LogP contribution >= 0.6 is 11.6 Å². The highest BCUT2D eigenvalue weighted by molar-refractivity contribution is 6.30. The van der Waals surface area contributed by atoms with E-state index < -0.39 is 0 Å². The lowest BCUT2D eigenvalue weighted by molar-refractivity contribution is 0.102. The minimum absolute atomic E-state index is 0.126. The zero-order valence-electron chi connectivity index (χ0n) is 13.4. The van der Waals surface area contributed by atoms with Crippen molar-refractivity contribution in [2.45, 2.75) is 19.8 Å². The van der Waals surface area contributed by atoms with Crippen LogP contribution in [0.5, 0.6) is 0 Å². The normalized spacial score (nSPS) is 10.8. The van der Waals surface area contributed by atoms with Crippen molar-refractivity contribution in [1.82, 2.24) is 14.8 Å². The van der Waals surface area contributed by atoms with Crippen LogP contribution in [0.25, 0.3) is 5.69 Å². The molecule has 24 heavy (non-hydrogen) atoms. The van der Waals surface area contributed by atoms with Gasteiger partial charge in [0.2, 0.25) is 0 Å². The molecule has 0 aliphatic rings. The Balaban J connectivity index is 1.97. The van der Waals surface area contributed by atoms with Gasteiger partial charge in [0.15, 0.2) is 0 Å².